The molecular weight excluding hydrogens is 589 g/mol. The molecule has 5 rings (SSSR count). The van der Waals surface area contributed by atoms with Crippen molar-refractivity contribution in [3.8, 4) is 10.4 Å². The first-order chi connectivity index (χ1) is 21.2. The number of anilines is 1. The number of carboxylic acids is 1. The molecule has 232 valence electrons. The molecule has 2 fully saturated rings. The Balaban J connectivity index is 1.24. The van der Waals surface area contributed by atoms with E-state index in [1.165, 1.54) is 0 Å². The topological polar surface area (TPSA) is 152 Å². The molecule has 11 nitrogen and oxygen atoms in total. The van der Waals surface area contributed by atoms with Crippen LogP contribution in [-0.2, 0) is 25.5 Å². The van der Waals surface area contributed by atoms with E-state index < -0.39 is 36.7 Å². The molecule has 0 bridgehead atoms. The third-order valence-electron chi connectivity index (χ3n) is 7.56. The maximum absolute atomic E-state index is 13.6. The zero-order valence-corrected chi connectivity index (χ0v) is 24.9. The molecule has 0 radical (unpaired) electrons. The van der Waals surface area contributed by atoms with Crippen LogP contribution in [0.3, 0.4) is 0 Å². The number of aliphatic carboxylic acids is 1. The van der Waals surface area contributed by atoms with Gasteiger partial charge in [0, 0.05) is 42.2 Å². The predicted molar refractivity (Wildman–Crippen MR) is 163 cm³/mol. The Morgan fingerprint density at radius 3 is 2.59 bits per heavy atom. The van der Waals surface area contributed by atoms with Gasteiger partial charge in [-0.05, 0) is 59.7 Å². The molecule has 1 aromatic heterocycles. The van der Waals surface area contributed by atoms with Crippen LogP contribution in [0.5, 0.6) is 0 Å². The van der Waals surface area contributed by atoms with Gasteiger partial charge in [-0.15, -0.1) is 11.3 Å². The van der Waals surface area contributed by atoms with Gasteiger partial charge in [-0.25, -0.2) is 9.18 Å². The maximum Gasteiger partial charge on any atom is 0.336 e. The fraction of sp³-hybridized carbons (Fsp3) is 0.355. The second-order valence-corrected chi connectivity index (χ2v) is 11.8. The van der Waals surface area contributed by atoms with Gasteiger partial charge in [0.15, 0.2) is 12.2 Å². The molecular formula is C31H34FN5O6S. The van der Waals surface area contributed by atoms with Gasteiger partial charge in [-0.2, -0.15) is 0 Å². The smallest absolute Gasteiger partial charge is 0.336 e. The molecule has 44 heavy (non-hydrogen) atoms. The minimum Gasteiger partial charge on any atom is -0.479 e. The number of hydrogen-bond donors (Lipinski definition) is 5. The Morgan fingerprint density at radius 2 is 1.89 bits per heavy atom. The summed E-state index contributed by atoms with van der Waals surface area (Å²) >= 11 is 1.64. The van der Waals surface area contributed by atoms with Crippen LogP contribution in [0.15, 0.2) is 60.0 Å². The molecule has 3 amide bonds. The molecule has 0 saturated carbocycles. The summed E-state index contributed by atoms with van der Waals surface area (Å²) in [5.74, 6) is -2.82. The van der Waals surface area contributed by atoms with Crippen molar-refractivity contribution in [2.75, 3.05) is 31.6 Å². The number of benzene rings is 2. The molecule has 3 aromatic rings. The van der Waals surface area contributed by atoms with Gasteiger partial charge in [0.05, 0.1) is 12.1 Å². The second-order valence-electron chi connectivity index (χ2n) is 10.8. The van der Waals surface area contributed by atoms with Crippen molar-refractivity contribution in [2.45, 2.75) is 44.1 Å². The van der Waals surface area contributed by atoms with Crippen LogP contribution in [0.1, 0.15) is 40.9 Å². The Bertz CT molecular complexity index is 1510. The third-order valence-corrected chi connectivity index (χ3v) is 8.48. The second kappa shape index (κ2) is 14.0. The molecule has 2 saturated heterocycles. The lowest BCUT2D eigenvalue weighted by Gasteiger charge is -2.39. The van der Waals surface area contributed by atoms with Crippen molar-refractivity contribution in [1.82, 2.24) is 21.1 Å². The Kier molecular flexibility index (Phi) is 9.88. The highest BCUT2D eigenvalue weighted by Crippen LogP contribution is 2.28. The van der Waals surface area contributed by atoms with Crippen LogP contribution in [0, 0.1) is 0 Å². The van der Waals surface area contributed by atoms with Gasteiger partial charge in [-0.1, -0.05) is 30.3 Å². The summed E-state index contributed by atoms with van der Waals surface area (Å²) in [5.41, 5.74) is 8.24. The number of amides is 3. The highest BCUT2D eigenvalue weighted by atomic mass is 32.1. The zero-order chi connectivity index (χ0) is 31.2. The highest BCUT2D eigenvalue weighted by molar-refractivity contribution is 7.13. The minimum absolute atomic E-state index is 0.0412. The van der Waals surface area contributed by atoms with Gasteiger partial charge < -0.3 is 20.5 Å². The van der Waals surface area contributed by atoms with Crippen LogP contribution < -0.4 is 21.5 Å². The number of hydrogen-bond acceptors (Lipinski definition) is 8. The lowest BCUT2D eigenvalue weighted by atomic mass is 9.99. The standard InChI is InChI=1S/C31H34FN5O6S/c1-18(20-4-2-5-21(14-20)25-6-3-13-44-25)33-29(39)24-15-22(34-23-16-37(17-23)12-11-32)9-7-19(24)8-10-26(38)35-36-30(40)27-28(43-27)31(41)42/h2-7,9,13-15,18,23,27-28,34H,8,10-12,16-17H2,1H3,(H,33,39)(H,35,38)(H,36,40)(H,41,42). The lowest BCUT2D eigenvalue weighted by molar-refractivity contribution is -0.138. The number of aryl methyl sites for hydroxylation is 1. The van der Waals surface area contributed by atoms with Gasteiger partial charge in [0.25, 0.3) is 11.8 Å². The van der Waals surface area contributed by atoms with Crippen molar-refractivity contribution >= 4 is 40.7 Å². The third kappa shape index (κ3) is 7.78. The Morgan fingerprint density at radius 1 is 1.07 bits per heavy atom. The summed E-state index contributed by atoms with van der Waals surface area (Å²) in [6.07, 6.45) is -2.19. The molecule has 0 aliphatic carbocycles. The van der Waals surface area contributed by atoms with E-state index in [1.54, 1.807) is 23.5 Å². The average molecular weight is 624 g/mol. The van der Waals surface area contributed by atoms with Crippen LogP contribution in [-0.4, -0.2) is 78.3 Å². The summed E-state index contributed by atoms with van der Waals surface area (Å²) in [5, 5.41) is 17.4. The Labute approximate surface area is 257 Å². The molecule has 5 N–H and O–H groups in total. The summed E-state index contributed by atoms with van der Waals surface area (Å²) in [7, 11) is 0. The zero-order valence-electron chi connectivity index (χ0n) is 24.0. The monoisotopic (exact) mass is 623 g/mol. The number of alkyl halides is 1. The van der Waals surface area contributed by atoms with E-state index >= 15 is 0 Å². The van der Waals surface area contributed by atoms with Gasteiger partial charge >= 0.3 is 5.97 Å². The summed E-state index contributed by atoms with van der Waals surface area (Å²) in [4.78, 5) is 52.1. The fourth-order valence-electron chi connectivity index (χ4n) is 5.07. The van der Waals surface area contributed by atoms with Crippen molar-refractivity contribution in [3.63, 3.8) is 0 Å². The van der Waals surface area contributed by atoms with Crippen molar-refractivity contribution in [1.29, 1.82) is 0 Å². The normalized spacial score (nSPS) is 18.5. The molecule has 3 unspecified atom stereocenters. The SMILES string of the molecule is CC(NC(=O)c1cc(NC2CN(CCF)C2)ccc1CCC(=O)NNC(=O)C1OC1C(=O)O)c1cccc(-c2cccs2)c1. The first kappa shape index (κ1) is 31.1. The molecule has 2 aromatic carbocycles. The van der Waals surface area contributed by atoms with E-state index in [0.717, 1.165) is 21.7 Å². The highest BCUT2D eigenvalue weighted by Gasteiger charge is 2.50. The number of hydrazine groups is 1. The van der Waals surface area contributed by atoms with Crippen LogP contribution in [0.2, 0.25) is 0 Å². The number of carbonyl (C=O) groups is 4. The molecule has 2 aliphatic rings. The number of thiophene rings is 1. The summed E-state index contributed by atoms with van der Waals surface area (Å²) in [6, 6.07) is 17.3. The van der Waals surface area contributed by atoms with Crippen LogP contribution in [0.4, 0.5) is 10.1 Å². The fourth-order valence-corrected chi connectivity index (χ4v) is 5.79. The van der Waals surface area contributed by atoms with E-state index in [2.05, 4.69) is 27.6 Å². The largest absolute Gasteiger partial charge is 0.479 e. The van der Waals surface area contributed by atoms with E-state index in [-0.39, 0.29) is 30.8 Å². The number of epoxide rings is 1. The van der Waals surface area contributed by atoms with E-state index in [1.807, 2.05) is 53.6 Å². The first-order valence-electron chi connectivity index (χ1n) is 14.3. The van der Waals surface area contributed by atoms with Gasteiger partial charge in [0.1, 0.15) is 6.67 Å². The summed E-state index contributed by atoms with van der Waals surface area (Å²) < 4.78 is 17.4. The number of nitrogens with zero attached hydrogens (tertiary/aromatic N) is 1. The first-order valence-corrected chi connectivity index (χ1v) is 15.2. The average Bonchev–Trinajstić information content (AvgIpc) is 3.63. The van der Waals surface area contributed by atoms with Crippen LogP contribution >= 0.6 is 11.3 Å². The number of likely N-dealkylation sites (tertiary alicyclic amines) is 1. The number of halogens is 1. The minimum atomic E-state index is -1.25. The van der Waals surface area contributed by atoms with Crippen molar-refractivity contribution in [2.24, 2.45) is 0 Å². The van der Waals surface area contributed by atoms with E-state index in [4.69, 9.17) is 9.84 Å². The van der Waals surface area contributed by atoms with E-state index in [0.29, 0.717) is 30.8 Å². The van der Waals surface area contributed by atoms with Gasteiger partial charge in [-0.3, -0.25) is 30.1 Å². The molecule has 2 aliphatic heterocycles. The van der Waals surface area contributed by atoms with Crippen molar-refractivity contribution < 1.29 is 33.4 Å². The Hall–Kier alpha value is -4.33. The number of carbonyl (C=O) groups excluding carboxylic acids is 3. The molecule has 3 atom stereocenters. The van der Waals surface area contributed by atoms with E-state index in [9.17, 15) is 23.6 Å². The number of rotatable bonds is 13. The van der Waals surface area contributed by atoms with Crippen molar-refractivity contribution in [3.05, 3.63) is 76.7 Å². The molecule has 13 heteroatoms. The number of carboxylic acid groups (broad SMARTS) is 1. The predicted octanol–water partition coefficient (Wildman–Crippen LogP) is 2.90. The number of nitrogens with one attached hydrogen (secondary N) is 4. The summed E-state index contributed by atoms with van der Waals surface area (Å²) in [6.45, 7) is 3.32. The van der Waals surface area contributed by atoms with Gasteiger partial charge in [0.2, 0.25) is 5.91 Å². The molecule has 0 spiro atoms. The maximum atomic E-state index is 13.6. The lowest BCUT2D eigenvalue weighted by Crippen LogP contribution is -2.55. The quantitative estimate of drug-likeness (QED) is 0.144. The number of ether oxygens (including phenoxy) is 1. The van der Waals surface area contributed by atoms with Crippen LogP contribution in [0.25, 0.3) is 10.4 Å². The molecule has 3 heterocycles.